The zero-order chi connectivity index (χ0) is 29.7. The number of anilines is 2. The highest BCUT2D eigenvalue weighted by Crippen LogP contribution is 2.34. The zero-order valence-electron chi connectivity index (χ0n) is 23.6. The summed E-state index contributed by atoms with van der Waals surface area (Å²) in [6.07, 6.45) is -0.0795. The highest BCUT2D eigenvalue weighted by molar-refractivity contribution is 7.92. The first-order valence-corrected chi connectivity index (χ1v) is 15.2. The molecule has 1 atom stereocenters. The minimum atomic E-state index is -3.73. The van der Waals surface area contributed by atoms with E-state index >= 15 is 0 Å². The lowest BCUT2D eigenvalue weighted by atomic mass is 10.1. The molecule has 0 radical (unpaired) electrons. The number of hydrogen-bond acceptors (Lipinski definition) is 5. The van der Waals surface area contributed by atoms with Crippen LogP contribution in [0.15, 0.2) is 108 Å². The standard InChI is InChI=1S/C33H33N3O5S/c1-24-12-18-28(19-13-24)42(39,40)35(2)27-16-14-26(15-17-27)22-32(37)36-23-31(41-30-11-7-6-10-29(30)36)33(38)34-21-20-25-8-4-3-5-9-25/h3-19,31H,20-23H2,1-2H3,(H,34,38)/t31-/m1/s1. The van der Waals surface area contributed by atoms with Crippen LogP contribution in [-0.2, 0) is 32.5 Å². The summed E-state index contributed by atoms with van der Waals surface area (Å²) < 4.78 is 33.3. The second-order valence-corrected chi connectivity index (χ2v) is 12.2. The Kier molecular flexibility index (Phi) is 8.59. The number of nitrogens with one attached hydrogen (secondary N) is 1. The summed E-state index contributed by atoms with van der Waals surface area (Å²) in [5, 5.41) is 2.93. The van der Waals surface area contributed by atoms with E-state index in [2.05, 4.69) is 5.32 Å². The van der Waals surface area contributed by atoms with Crippen molar-refractivity contribution in [2.24, 2.45) is 0 Å². The van der Waals surface area contributed by atoms with Crippen LogP contribution in [0.2, 0.25) is 0 Å². The van der Waals surface area contributed by atoms with E-state index in [1.54, 1.807) is 71.6 Å². The van der Waals surface area contributed by atoms with Gasteiger partial charge in [0, 0.05) is 13.6 Å². The summed E-state index contributed by atoms with van der Waals surface area (Å²) in [6, 6.07) is 30.6. The largest absolute Gasteiger partial charge is 0.477 e. The Hall–Kier alpha value is -4.63. The third-order valence-electron chi connectivity index (χ3n) is 7.26. The van der Waals surface area contributed by atoms with Crippen molar-refractivity contribution >= 4 is 33.2 Å². The third kappa shape index (κ3) is 6.47. The van der Waals surface area contributed by atoms with Crippen molar-refractivity contribution in [2.45, 2.75) is 30.8 Å². The molecule has 0 aliphatic carbocycles. The van der Waals surface area contributed by atoms with Gasteiger partial charge in [-0.15, -0.1) is 0 Å². The van der Waals surface area contributed by atoms with Crippen molar-refractivity contribution in [1.29, 1.82) is 0 Å². The number of rotatable bonds is 9. The lowest BCUT2D eigenvalue weighted by Gasteiger charge is -2.34. The van der Waals surface area contributed by atoms with Gasteiger partial charge in [0.15, 0.2) is 6.10 Å². The predicted molar refractivity (Wildman–Crippen MR) is 163 cm³/mol. The number of benzene rings is 4. The van der Waals surface area contributed by atoms with Crippen molar-refractivity contribution in [3.05, 3.63) is 120 Å². The molecule has 1 aliphatic rings. The molecule has 8 nitrogen and oxygen atoms in total. The lowest BCUT2D eigenvalue weighted by molar-refractivity contribution is -0.128. The molecule has 0 fully saturated rings. The molecule has 9 heteroatoms. The third-order valence-corrected chi connectivity index (χ3v) is 9.06. The smallest absolute Gasteiger partial charge is 0.264 e. The molecule has 4 aromatic carbocycles. The topological polar surface area (TPSA) is 96.0 Å². The molecule has 0 saturated heterocycles. The van der Waals surface area contributed by atoms with Crippen LogP contribution >= 0.6 is 0 Å². The van der Waals surface area contributed by atoms with Crippen LogP contribution in [0.25, 0.3) is 0 Å². The predicted octanol–water partition coefficient (Wildman–Crippen LogP) is 4.52. The van der Waals surface area contributed by atoms with Gasteiger partial charge in [-0.1, -0.05) is 72.3 Å². The molecule has 1 heterocycles. The van der Waals surface area contributed by atoms with Gasteiger partial charge in [-0.25, -0.2) is 8.42 Å². The number of carbonyl (C=O) groups is 2. The fourth-order valence-electron chi connectivity index (χ4n) is 4.80. The van der Waals surface area contributed by atoms with Crippen LogP contribution in [0.3, 0.4) is 0 Å². The SMILES string of the molecule is Cc1ccc(S(=O)(=O)N(C)c2ccc(CC(=O)N3C[C@H](C(=O)NCCc4ccccc4)Oc4ccccc43)cc2)cc1. The average molecular weight is 584 g/mol. The first-order chi connectivity index (χ1) is 20.2. The fraction of sp³-hybridized carbons (Fsp3) is 0.212. The molecule has 2 amide bonds. The first kappa shape index (κ1) is 28.9. The van der Waals surface area contributed by atoms with Gasteiger partial charge in [0.2, 0.25) is 5.91 Å². The summed E-state index contributed by atoms with van der Waals surface area (Å²) >= 11 is 0. The van der Waals surface area contributed by atoms with Gasteiger partial charge in [0.1, 0.15) is 5.75 Å². The molecule has 1 N–H and O–H groups in total. The Labute approximate surface area is 246 Å². The van der Waals surface area contributed by atoms with E-state index in [0.717, 1.165) is 16.7 Å². The maximum atomic E-state index is 13.5. The fourth-order valence-corrected chi connectivity index (χ4v) is 5.99. The van der Waals surface area contributed by atoms with Gasteiger partial charge in [0.05, 0.1) is 29.2 Å². The highest BCUT2D eigenvalue weighted by Gasteiger charge is 2.33. The summed E-state index contributed by atoms with van der Waals surface area (Å²) in [7, 11) is -2.22. The molecule has 5 rings (SSSR count). The van der Waals surface area contributed by atoms with Crippen LogP contribution in [0.4, 0.5) is 11.4 Å². The minimum Gasteiger partial charge on any atom is -0.477 e. The molecule has 216 valence electrons. The number of para-hydroxylation sites is 2. The van der Waals surface area contributed by atoms with Crippen molar-refractivity contribution in [3.63, 3.8) is 0 Å². The van der Waals surface area contributed by atoms with Gasteiger partial charge in [0.25, 0.3) is 15.9 Å². The number of ether oxygens (including phenoxy) is 1. The van der Waals surface area contributed by atoms with Gasteiger partial charge in [-0.2, -0.15) is 0 Å². The van der Waals surface area contributed by atoms with Crippen molar-refractivity contribution in [3.8, 4) is 5.75 Å². The van der Waals surface area contributed by atoms with Crippen LogP contribution < -0.4 is 19.3 Å². The number of carbonyl (C=O) groups excluding carboxylic acids is 2. The first-order valence-electron chi connectivity index (χ1n) is 13.7. The Morgan fingerprint density at radius 1 is 0.881 bits per heavy atom. The number of nitrogens with zero attached hydrogens (tertiary/aromatic N) is 2. The van der Waals surface area contributed by atoms with Gasteiger partial charge < -0.3 is 15.0 Å². The average Bonchev–Trinajstić information content (AvgIpc) is 3.01. The molecule has 0 spiro atoms. The van der Waals surface area contributed by atoms with E-state index in [4.69, 9.17) is 4.74 Å². The maximum absolute atomic E-state index is 13.5. The van der Waals surface area contributed by atoms with E-state index in [9.17, 15) is 18.0 Å². The van der Waals surface area contributed by atoms with Crippen molar-refractivity contribution < 1.29 is 22.7 Å². The highest BCUT2D eigenvalue weighted by atomic mass is 32.2. The summed E-state index contributed by atoms with van der Waals surface area (Å²) in [4.78, 5) is 28.3. The zero-order valence-corrected chi connectivity index (χ0v) is 24.4. The Morgan fingerprint density at radius 2 is 1.55 bits per heavy atom. The Morgan fingerprint density at radius 3 is 2.26 bits per heavy atom. The normalized spacial score (nSPS) is 14.4. The van der Waals surface area contributed by atoms with Crippen LogP contribution in [0.1, 0.15) is 16.7 Å². The number of fused-ring (bicyclic) bond motifs is 1. The molecule has 0 saturated carbocycles. The maximum Gasteiger partial charge on any atom is 0.264 e. The van der Waals surface area contributed by atoms with E-state index in [-0.39, 0.29) is 29.7 Å². The van der Waals surface area contributed by atoms with Gasteiger partial charge in [-0.3, -0.25) is 13.9 Å². The minimum absolute atomic E-state index is 0.0748. The van der Waals surface area contributed by atoms with E-state index < -0.39 is 16.1 Å². The number of hydrogen-bond donors (Lipinski definition) is 1. The lowest BCUT2D eigenvalue weighted by Crippen LogP contribution is -2.51. The summed E-state index contributed by atoms with van der Waals surface area (Å²) in [5.41, 5.74) is 3.91. The second kappa shape index (κ2) is 12.5. The Bertz CT molecular complexity index is 1660. The Balaban J connectivity index is 1.25. The van der Waals surface area contributed by atoms with Gasteiger partial charge >= 0.3 is 0 Å². The summed E-state index contributed by atoms with van der Waals surface area (Å²) in [5.74, 6) is 0.000205. The quantitative estimate of drug-likeness (QED) is 0.313. The monoisotopic (exact) mass is 583 g/mol. The molecule has 0 bridgehead atoms. The van der Waals surface area contributed by atoms with Crippen LogP contribution in [0.5, 0.6) is 5.75 Å². The van der Waals surface area contributed by atoms with Crippen molar-refractivity contribution in [1.82, 2.24) is 5.32 Å². The van der Waals surface area contributed by atoms with E-state index in [0.29, 0.717) is 30.1 Å². The molecular formula is C33H33N3O5S. The molecular weight excluding hydrogens is 550 g/mol. The molecule has 1 aliphatic heterocycles. The van der Waals surface area contributed by atoms with Gasteiger partial charge in [-0.05, 0) is 60.9 Å². The number of aryl methyl sites for hydroxylation is 1. The number of sulfonamides is 1. The van der Waals surface area contributed by atoms with E-state index in [1.165, 1.54) is 11.4 Å². The molecule has 4 aromatic rings. The summed E-state index contributed by atoms with van der Waals surface area (Å²) in [6.45, 7) is 2.44. The van der Waals surface area contributed by atoms with Crippen molar-refractivity contribution in [2.75, 3.05) is 29.3 Å². The molecule has 0 unspecified atom stereocenters. The number of amides is 2. The van der Waals surface area contributed by atoms with Crippen LogP contribution in [0, 0.1) is 6.92 Å². The molecule has 0 aromatic heterocycles. The van der Waals surface area contributed by atoms with E-state index in [1.807, 2.05) is 43.3 Å². The second-order valence-electron chi connectivity index (χ2n) is 10.2. The van der Waals surface area contributed by atoms with Crippen LogP contribution in [-0.4, -0.2) is 46.5 Å². The molecule has 42 heavy (non-hydrogen) atoms.